The number of nitrogens with one attached hydrogen (secondary N) is 3. The molecule has 0 aliphatic heterocycles. The predicted molar refractivity (Wildman–Crippen MR) is 187 cm³/mol. The average molecular weight is 827 g/mol. The van der Waals surface area contributed by atoms with Gasteiger partial charge in [0.15, 0.2) is 5.82 Å². The minimum Gasteiger partial charge on any atom is -0.360 e. The zero-order valence-corrected chi connectivity index (χ0v) is 30.2. The van der Waals surface area contributed by atoms with E-state index in [0.717, 1.165) is 23.1 Å². The van der Waals surface area contributed by atoms with E-state index >= 15 is 8.78 Å². The summed E-state index contributed by atoms with van der Waals surface area (Å²) < 4.78 is 144. The topological polar surface area (TPSA) is 140 Å². The second kappa shape index (κ2) is 13.5. The van der Waals surface area contributed by atoms with Crippen molar-refractivity contribution in [2.45, 2.75) is 56.7 Å². The monoisotopic (exact) mass is 826 g/mol. The molecule has 0 spiro atoms. The molecule has 4 aromatic heterocycles. The van der Waals surface area contributed by atoms with Crippen molar-refractivity contribution < 1.29 is 48.3 Å². The Morgan fingerprint density at radius 3 is 2.43 bits per heavy atom. The molecule has 0 radical (unpaired) electrons. The number of carbonyl (C=O) groups is 1. The van der Waals surface area contributed by atoms with Crippen LogP contribution >= 0.6 is 11.6 Å². The van der Waals surface area contributed by atoms with Crippen LogP contribution in [0.5, 0.6) is 0 Å². The lowest BCUT2D eigenvalue weighted by molar-refractivity contribution is -0.123. The number of nitrogens with zero attached hydrogens (tertiary/aromatic N) is 5. The minimum absolute atomic E-state index is 0.0000471. The molecular formula is C35H27ClF8N8O3S. The number of H-pyrrole nitrogens is 1. The van der Waals surface area contributed by atoms with Crippen LogP contribution in [-0.4, -0.2) is 56.5 Å². The lowest BCUT2D eigenvalue weighted by atomic mass is 9.93. The fourth-order valence-corrected chi connectivity index (χ4v) is 8.35. The predicted octanol–water partition coefficient (Wildman–Crippen LogP) is 7.59. The van der Waals surface area contributed by atoms with Crippen LogP contribution in [0, 0.1) is 17.6 Å². The number of alkyl halides is 6. The van der Waals surface area contributed by atoms with Gasteiger partial charge in [0, 0.05) is 34.9 Å². The molecule has 2 aromatic carbocycles. The molecule has 2 aliphatic rings. The second-order valence-electron chi connectivity index (χ2n) is 13.7. The molecule has 1 saturated carbocycles. The summed E-state index contributed by atoms with van der Waals surface area (Å²) in [4.78, 5) is 21.6. The number of hydrogen-bond donors (Lipinski definition) is 3. The Labute approximate surface area is 316 Å². The van der Waals surface area contributed by atoms with Crippen molar-refractivity contribution in [3.8, 4) is 11.1 Å². The van der Waals surface area contributed by atoms with Crippen molar-refractivity contribution in [2.24, 2.45) is 5.92 Å². The Morgan fingerprint density at radius 2 is 1.75 bits per heavy atom. The molecule has 294 valence electrons. The van der Waals surface area contributed by atoms with Gasteiger partial charge in [-0.25, -0.2) is 39.7 Å². The van der Waals surface area contributed by atoms with Gasteiger partial charge in [0.25, 0.3) is 18.8 Å². The van der Waals surface area contributed by atoms with Crippen LogP contribution in [0.25, 0.3) is 33.1 Å². The third-order valence-corrected chi connectivity index (χ3v) is 10.7. The Bertz CT molecular complexity index is 2660. The van der Waals surface area contributed by atoms with Crippen LogP contribution in [0.15, 0.2) is 48.7 Å². The molecule has 2 aliphatic carbocycles. The van der Waals surface area contributed by atoms with E-state index in [1.165, 1.54) is 24.4 Å². The minimum atomic E-state index is -4.01. The molecule has 56 heavy (non-hydrogen) atoms. The van der Waals surface area contributed by atoms with Gasteiger partial charge in [-0.05, 0) is 54.7 Å². The number of carbonyl (C=O) groups excluding carboxylic acids is 1. The standard InChI is InChI=1S/C35H27ClF8N8O3S/c1-56(54,55)50-34-28-21(36)3-2-17(31(28)51(49-34)12-25(39)40)18-11-23-22(4-5-45-23)47-29(18)24(8-14-6-15(37)9-16(38)7-14)46-26(53)13-52-32-27(30(48-52)33(41)42)19-10-20(19)35(32,43)44/h2-7,9,11,19-20,24-25,33,45H,8,10,12-13H2,1H3,(H,46,53)(H,49,50)/t19-,20+,24?/m0/s1. The molecule has 21 heteroatoms. The molecule has 0 saturated heterocycles. The number of anilines is 1. The summed E-state index contributed by atoms with van der Waals surface area (Å²) >= 11 is 6.52. The first-order chi connectivity index (χ1) is 26.4. The molecule has 4 heterocycles. The van der Waals surface area contributed by atoms with E-state index in [1.54, 1.807) is 6.07 Å². The quantitative estimate of drug-likeness (QED) is 0.109. The lowest BCUT2D eigenvalue weighted by Gasteiger charge is -2.23. The van der Waals surface area contributed by atoms with E-state index in [-0.39, 0.29) is 62.5 Å². The van der Waals surface area contributed by atoms with Crippen LogP contribution in [0.1, 0.15) is 53.0 Å². The number of rotatable bonds is 12. The Morgan fingerprint density at radius 1 is 1.02 bits per heavy atom. The van der Waals surface area contributed by atoms with E-state index in [4.69, 9.17) is 16.6 Å². The molecule has 1 fully saturated rings. The molecule has 6 aromatic rings. The van der Waals surface area contributed by atoms with E-state index in [0.29, 0.717) is 21.8 Å². The number of hydrogen-bond acceptors (Lipinski definition) is 6. The van der Waals surface area contributed by atoms with Crippen molar-refractivity contribution >= 4 is 55.3 Å². The van der Waals surface area contributed by atoms with Crippen molar-refractivity contribution in [1.29, 1.82) is 0 Å². The van der Waals surface area contributed by atoms with Crippen molar-refractivity contribution in [3.05, 3.63) is 93.5 Å². The molecule has 0 bridgehead atoms. The van der Waals surface area contributed by atoms with E-state index in [9.17, 15) is 39.6 Å². The number of aromatic amines is 1. The van der Waals surface area contributed by atoms with Gasteiger partial charge in [0.2, 0.25) is 15.9 Å². The highest BCUT2D eigenvalue weighted by molar-refractivity contribution is 7.92. The van der Waals surface area contributed by atoms with E-state index < -0.39 is 88.7 Å². The van der Waals surface area contributed by atoms with Crippen LogP contribution in [-0.2, 0) is 40.3 Å². The number of halogens is 9. The first-order valence-corrected chi connectivity index (χ1v) is 19.1. The van der Waals surface area contributed by atoms with Gasteiger partial charge in [-0.3, -0.25) is 18.9 Å². The number of aromatic nitrogens is 6. The highest BCUT2D eigenvalue weighted by Gasteiger charge is 2.67. The van der Waals surface area contributed by atoms with Crippen LogP contribution in [0.4, 0.5) is 40.9 Å². The fraction of sp³-hybridized carbons (Fsp3) is 0.314. The summed E-state index contributed by atoms with van der Waals surface area (Å²) in [5, 5.41) is 10.3. The Hall–Kier alpha value is -5.24. The summed E-state index contributed by atoms with van der Waals surface area (Å²) in [6, 6.07) is 7.09. The molecular weight excluding hydrogens is 800 g/mol. The molecule has 3 atom stereocenters. The summed E-state index contributed by atoms with van der Waals surface area (Å²) in [5.74, 6) is -8.85. The molecule has 8 rings (SSSR count). The Balaban J connectivity index is 1.29. The normalized spacial score (nSPS) is 17.9. The largest absolute Gasteiger partial charge is 0.360 e. The smallest absolute Gasteiger partial charge is 0.293 e. The van der Waals surface area contributed by atoms with Crippen LogP contribution in [0.3, 0.4) is 0 Å². The van der Waals surface area contributed by atoms with E-state index in [2.05, 4.69) is 25.2 Å². The summed E-state index contributed by atoms with van der Waals surface area (Å²) in [6.07, 6.45) is -4.22. The SMILES string of the molecule is CS(=O)(=O)Nc1nn(CC(F)F)c2c(-c3cc4[nH]ccc4nc3C(Cc3cc(F)cc(F)c3)NC(=O)Cn3nc(C(F)F)c4c3C(F)(F)[C@@H]3C[C@H]43)ccc(Cl)c12. The highest BCUT2D eigenvalue weighted by Crippen LogP contribution is 2.68. The van der Waals surface area contributed by atoms with Gasteiger partial charge in [-0.1, -0.05) is 17.7 Å². The zero-order chi connectivity index (χ0) is 40.0. The molecule has 3 N–H and O–H groups in total. The molecule has 1 unspecified atom stereocenters. The van der Waals surface area contributed by atoms with Crippen molar-refractivity contribution in [1.82, 2.24) is 34.8 Å². The number of fused-ring (bicyclic) bond motifs is 5. The summed E-state index contributed by atoms with van der Waals surface area (Å²) in [5.41, 5.74) is -1.07. The number of pyridine rings is 1. The second-order valence-corrected chi connectivity index (χ2v) is 15.9. The Kier molecular flexibility index (Phi) is 9.05. The maximum Gasteiger partial charge on any atom is 0.293 e. The van der Waals surface area contributed by atoms with Crippen LogP contribution < -0.4 is 10.0 Å². The highest BCUT2D eigenvalue weighted by atomic mass is 35.5. The fourth-order valence-electron chi connectivity index (χ4n) is 7.62. The first kappa shape index (κ1) is 37.7. The summed E-state index contributed by atoms with van der Waals surface area (Å²) in [6.45, 7) is -1.97. The van der Waals surface area contributed by atoms with Crippen molar-refractivity contribution in [2.75, 3.05) is 11.0 Å². The summed E-state index contributed by atoms with van der Waals surface area (Å²) in [7, 11) is -4.01. The number of sulfonamides is 1. The number of benzene rings is 2. The van der Waals surface area contributed by atoms with Gasteiger partial charge in [-0.15, -0.1) is 0 Å². The third kappa shape index (κ3) is 6.71. The lowest BCUT2D eigenvalue weighted by Crippen LogP contribution is -2.35. The van der Waals surface area contributed by atoms with Gasteiger partial charge >= 0.3 is 0 Å². The van der Waals surface area contributed by atoms with Gasteiger partial charge in [0.05, 0.1) is 45.0 Å². The first-order valence-electron chi connectivity index (χ1n) is 16.8. The van der Waals surface area contributed by atoms with Crippen molar-refractivity contribution in [3.63, 3.8) is 0 Å². The van der Waals surface area contributed by atoms with Gasteiger partial charge in [-0.2, -0.15) is 19.0 Å². The van der Waals surface area contributed by atoms with E-state index in [1.807, 2.05) is 0 Å². The molecule has 11 nitrogen and oxygen atoms in total. The third-order valence-electron chi connectivity index (χ3n) is 9.78. The average Bonchev–Trinajstić information content (AvgIpc) is 3.31. The maximum absolute atomic E-state index is 15.3. The molecule has 1 amide bonds. The maximum atomic E-state index is 15.3. The van der Waals surface area contributed by atoms with Gasteiger partial charge < -0.3 is 10.3 Å². The zero-order valence-electron chi connectivity index (χ0n) is 28.6. The van der Waals surface area contributed by atoms with Gasteiger partial charge in [0.1, 0.15) is 36.1 Å². The van der Waals surface area contributed by atoms with Crippen LogP contribution in [0.2, 0.25) is 5.02 Å². The number of amides is 1.